The van der Waals surface area contributed by atoms with E-state index < -0.39 is 5.97 Å². The third kappa shape index (κ3) is 4.38. The summed E-state index contributed by atoms with van der Waals surface area (Å²) in [5, 5.41) is 9.32. The van der Waals surface area contributed by atoms with E-state index in [1.807, 2.05) is 17.0 Å². The van der Waals surface area contributed by atoms with Gasteiger partial charge in [0.2, 0.25) is 5.91 Å². The molecule has 3 rings (SSSR count). The highest BCUT2D eigenvalue weighted by molar-refractivity contribution is 5.89. The van der Waals surface area contributed by atoms with E-state index in [1.165, 1.54) is 5.56 Å². The Bertz CT molecular complexity index is 787. The molecular formula is C23H27NO3. The molecule has 0 aromatic heterocycles. The fourth-order valence-electron chi connectivity index (χ4n) is 4.28. The number of aryl methyl sites for hydroxylation is 1. The summed E-state index contributed by atoms with van der Waals surface area (Å²) >= 11 is 0. The molecule has 2 atom stereocenters. The molecule has 1 heterocycles. The van der Waals surface area contributed by atoms with Gasteiger partial charge in [-0.2, -0.15) is 0 Å². The zero-order valence-corrected chi connectivity index (χ0v) is 15.8. The lowest BCUT2D eigenvalue weighted by Crippen LogP contribution is -2.39. The second-order valence-electron chi connectivity index (χ2n) is 7.18. The van der Waals surface area contributed by atoms with Gasteiger partial charge in [-0.1, -0.05) is 55.5 Å². The van der Waals surface area contributed by atoms with Crippen molar-refractivity contribution in [2.45, 2.75) is 51.0 Å². The number of amides is 1. The third-order valence-corrected chi connectivity index (χ3v) is 5.61. The van der Waals surface area contributed by atoms with E-state index in [0.29, 0.717) is 24.3 Å². The highest BCUT2D eigenvalue weighted by Crippen LogP contribution is 2.34. The van der Waals surface area contributed by atoms with Crippen LogP contribution >= 0.6 is 0 Å². The number of likely N-dealkylation sites (tertiary alicyclic amines) is 1. The smallest absolute Gasteiger partial charge is 0.335 e. The van der Waals surface area contributed by atoms with Gasteiger partial charge in [-0.3, -0.25) is 4.79 Å². The Hall–Kier alpha value is -2.62. The number of benzene rings is 2. The Morgan fingerprint density at radius 2 is 1.81 bits per heavy atom. The van der Waals surface area contributed by atoms with Crippen LogP contribution < -0.4 is 0 Å². The zero-order valence-electron chi connectivity index (χ0n) is 15.8. The molecule has 2 aromatic carbocycles. The van der Waals surface area contributed by atoms with Gasteiger partial charge in [0.1, 0.15) is 0 Å². The zero-order chi connectivity index (χ0) is 19.2. The SMILES string of the molecule is CCC(c1ccccc1)C1CCCN1C(=O)CCc1ccccc1C(=O)O. The quantitative estimate of drug-likeness (QED) is 0.786. The predicted octanol–water partition coefficient (Wildman–Crippen LogP) is 4.50. The van der Waals surface area contributed by atoms with E-state index in [4.69, 9.17) is 0 Å². The molecule has 0 radical (unpaired) electrons. The molecule has 0 aliphatic carbocycles. The number of hydrogen-bond acceptors (Lipinski definition) is 2. The van der Waals surface area contributed by atoms with E-state index >= 15 is 0 Å². The molecule has 2 unspecified atom stereocenters. The summed E-state index contributed by atoms with van der Waals surface area (Å²) in [6.45, 7) is 2.98. The van der Waals surface area contributed by atoms with Gasteiger partial charge in [0.15, 0.2) is 0 Å². The van der Waals surface area contributed by atoms with Gasteiger partial charge in [-0.05, 0) is 42.9 Å². The van der Waals surface area contributed by atoms with Gasteiger partial charge < -0.3 is 10.0 Å². The largest absolute Gasteiger partial charge is 0.478 e. The van der Waals surface area contributed by atoms with Gasteiger partial charge in [0.05, 0.1) is 5.56 Å². The van der Waals surface area contributed by atoms with Crippen LogP contribution in [0.3, 0.4) is 0 Å². The predicted molar refractivity (Wildman–Crippen MR) is 106 cm³/mol. The van der Waals surface area contributed by atoms with E-state index in [0.717, 1.165) is 31.4 Å². The lowest BCUT2D eigenvalue weighted by Gasteiger charge is -2.32. The summed E-state index contributed by atoms with van der Waals surface area (Å²) in [5.41, 5.74) is 2.31. The maximum Gasteiger partial charge on any atom is 0.335 e. The highest BCUT2D eigenvalue weighted by Gasteiger charge is 2.34. The van der Waals surface area contributed by atoms with Crippen LogP contribution in [0.4, 0.5) is 0 Å². The first-order chi connectivity index (χ1) is 13.1. The highest BCUT2D eigenvalue weighted by atomic mass is 16.4. The van der Waals surface area contributed by atoms with Crippen LogP contribution in [0.25, 0.3) is 0 Å². The number of carboxylic acid groups (broad SMARTS) is 1. The maximum absolute atomic E-state index is 12.9. The standard InChI is InChI=1S/C23H27NO3/c1-2-19(17-9-4-3-5-10-17)21-13-8-16-24(21)22(25)15-14-18-11-6-7-12-20(18)23(26)27/h3-7,9-12,19,21H,2,8,13-16H2,1H3,(H,26,27). The molecule has 1 fully saturated rings. The van der Waals surface area contributed by atoms with E-state index in [9.17, 15) is 14.7 Å². The Kier molecular flexibility index (Phi) is 6.28. The van der Waals surface area contributed by atoms with Crippen LogP contribution in [-0.2, 0) is 11.2 Å². The molecule has 2 aromatic rings. The number of aromatic carboxylic acids is 1. The fraction of sp³-hybridized carbons (Fsp3) is 0.391. The summed E-state index contributed by atoms with van der Waals surface area (Å²) in [6.07, 6.45) is 3.88. The van der Waals surface area contributed by atoms with Gasteiger partial charge in [-0.25, -0.2) is 4.79 Å². The fourth-order valence-corrected chi connectivity index (χ4v) is 4.28. The summed E-state index contributed by atoms with van der Waals surface area (Å²) < 4.78 is 0. The first-order valence-electron chi connectivity index (χ1n) is 9.77. The molecule has 0 bridgehead atoms. The molecule has 0 saturated carbocycles. The number of carboxylic acids is 1. The van der Waals surface area contributed by atoms with Crippen molar-refractivity contribution in [3.05, 3.63) is 71.3 Å². The van der Waals surface area contributed by atoms with Crippen LogP contribution in [0.2, 0.25) is 0 Å². The lowest BCUT2D eigenvalue weighted by molar-refractivity contribution is -0.132. The lowest BCUT2D eigenvalue weighted by atomic mass is 9.87. The molecular weight excluding hydrogens is 338 g/mol. The third-order valence-electron chi connectivity index (χ3n) is 5.61. The minimum atomic E-state index is -0.938. The molecule has 1 aliphatic heterocycles. The molecule has 1 N–H and O–H groups in total. The minimum absolute atomic E-state index is 0.132. The molecule has 1 aliphatic rings. The van der Waals surface area contributed by atoms with Gasteiger partial charge in [-0.15, -0.1) is 0 Å². The summed E-state index contributed by atoms with van der Waals surface area (Å²) in [6, 6.07) is 17.6. The molecule has 4 heteroatoms. The monoisotopic (exact) mass is 365 g/mol. The van der Waals surface area contributed by atoms with Crippen LogP contribution in [-0.4, -0.2) is 34.5 Å². The van der Waals surface area contributed by atoms with Crippen LogP contribution in [0.5, 0.6) is 0 Å². The number of rotatable bonds is 7. The normalized spacial score (nSPS) is 17.7. The topological polar surface area (TPSA) is 57.6 Å². The van der Waals surface area contributed by atoms with E-state index in [-0.39, 0.29) is 11.9 Å². The van der Waals surface area contributed by atoms with Crippen LogP contribution in [0.1, 0.15) is 60.0 Å². The van der Waals surface area contributed by atoms with E-state index in [2.05, 4.69) is 31.2 Å². The maximum atomic E-state index is 12.9. The molecule has 1 amide bonds. The van der Waals surface area contributed by atoms with Crippen LogP contribution in [0, 0.1) is 0 Å². The molecule has 27 heavy (non-hydrogen) atoms. The van der Waals surface area contributed by atoms with Crippen molar-refractivity contribution in [2.75, 3.05) is 6.54 Å². The van der Waals surface area contributed by atoms with Gasteiger partial charge in [0, 0.05) is 24.9 Å². The van der Waals surface area contributed by atoms with Crippen molar-refractivity contribution in [3.63, 3.8) is 0 Å². The summed E-state index contributed by atoms with van der Waals surface area (Å²) in [4.78, 5) is 26.3. The van der Waals surface area contributed by atoms with Crippen molar-refractivity contribution in [1.82, 2.24) is 4.90 Å². The Labute approximate surface area is 160 Å². The van der Waals surface area contributed by atoms with Crippen molar-refractivity contribution in [2.24, 2.45) is 0 Å². The van der Waals surface area contributed by atoms with E-state index in [1.54, 1.807) is 18.2 Å². The molecule has 142 valence electrons. The number of nitrogens with zero attached hydrogens (tertiary/aromatic N) is 1. The van der Waals surface area contributed by atoms with Crippen LogP contribution in [0.15, 0.2) is 54.6 Å². The van der Waals surface area contributed by atoms with Crippen molar-refractivity contribution >= 4 is 11.9 Å². The first-order valence-corrected chi connectivity index (χ1v) is 9.77. The second kappa shape index (κ2) is 8.85. The summed E-state index contributed by atoms with van der Waals surface area (Å²) in [5.74, 6) is -0.455. The van der Waals surface area contributed by atoms with Crippen molar-refractivity contribution < 1.29 is 14.7 Å². The summed E-state index contributed by atoms with van der Waals surface area (Å²) in [7, 11) is 0. The van der Waals surface area contributed by atoms with Gasteiger partial charge >= 0.3 is 5.97 Å². The average molecular weight is 365 g/mol. The molecule has 0 spiro atoms. The number of carbonyl (C=O) groups excluding carboxylic acids is 1. The number of hydrogen-bond donors (Lipinski definition) is 1. The minimum Gasteiger partial charge on any atom is -0.478 e. The second-order valence-corrected chi connectivity index (χ2v) is 7.18. The Morgan fingerprint density at radius 3 is 2.52 bits per heavy atom. The average Bonchev–Trinajstić information content (AvgIpc) is 3.17. The first kappa shape index (κ1) is 19.2. The van der Waals surface area contributed by atoms with Gasteiger partial charge in [0.25, 0.3) is 0 Å². The molecule has 4 nitrogen and oxygen atoms in total. The van der Waals surface area contributed by atoms with Crippen molar-refractivity contribution in [3.8, 4) is 0 Å². The Morgan fingerprint density at radius 1 is 1.11 bits per heavy atom. The molecule has 1 saturated heterocycles. The number of carbonyl (C=O) groups is 2. The van der Waals surface area contributed by atoms with Crippen molar-refractivity contribution in [1.29, 1.82) is 0 Å². The Balaban J connectivity index is 1.70.